The van der Waals surface area contributed by atoms with E-state index in [0.717, 1.165) is 41.8 Å². The first-order valence-corrected chi connectivity index (χ1v) is 9.96. The Kier molecular flexibility index (Phi) is 5.63. The SMILES string of the molecule is CCN(C(=O)CSc1nc2c(c(C)c1C#N)CCC2)c1ccccc1C. The maximum absolute atomic E-state index is 12.8. The molecule has 0 saturated carbocycles. The second kappa shape index (κ2) is 7.92. The summed E-state index contributed by atoms with van der Waals surface area (Å²) < 4.78 is 0. The van der Waals surface area contributed by atoms with Gasteiger partial charge in [-0.25, -0.2) is 4.98 Å². The highest BCUT2D eigenvalue weighted by Crippen LogP contribution is 2.32. The molecule has 0 atom stereocenters. The summed E-state index contributed by atoms with van der Waals surface area (Å²) in [5.41, 5.74) is 6.02. The van der Waals surface area contributed by atoms with Crippen molar-refractivity contribution in [1.82, 2.24) is 4.98 Å². The highest BCUT2D eigenvalue weighted by molar-refractivity contribution is 8.00. The Labute approximate surface area is 159 Å². The molecule has 26 heavy (non-hydrogen) atoms. The number of benzene rings is 1. The Bertz CT molecular complexity index is 886. The number of rotatable bonds is 5. The molecule has 0 N–H and O–H groups in total. The normalized spacial score (nSPS) is 12.5. The summed E-state index contributed by atoms with van der Waals surface area (Å²) in [6.07, 6.45) is 3.06. The lowest BCUT2D eigenvalue weighted by Crippen LogP contribution is -2.32. The van der Waals surface area contributed by atoms with Gasteiger partial charge in [-0.05, 0) is 62.8 Å². The van der Waals surface area contributed by atoms with Crippen molar-refractivity contribution < 1.29 is 4.79 Å². The number of nitrogens with zero attached hydrogens (tertiary/aromatic N) is 3. The van der Waals surface area contributed by atoms with Gasteiger partial charge >= 0.3 is 0 Å². The molecular weight excluding hydrogens is 342 g/mol. The van der Waals surface area contributed by atoms with Gasteiger partial charge in [-0.15, -0.1) is 0 Å². The lowest BCUT2D eigenvalue weighted by Gasteiger charge is -2.23. The zero-order chi connectivity index (χ0) is 18.7. The van der Waals surface area contributed by atoms with Crippen molar-refractivity contribution in [2.24, 2.45) is 0 Å². The van der Waals surface area contributed by atoms with E-state index < -0.39 is 0 Å². The van der Waals surface area contributed by atoms with Gasteiger partial charge in [0.15, 0.2) is 0 Å². The number of hydrogen-bond donors (Lipinski definition) is 0. The van der Waals surface area contributed by atoms with Crippen molar-refractivity contribution in [3.05, 3.63) is 52.2 Å². The molecule has 1 aromatic carbocycles. The molecule has 0 aliphatic heterocycles. The summed E-state index contributed by atoms with van der Waals surface area (Å²) in [4.78, 5) is 19.3. The first kappa shape index (κ1) is 18.5. The van der Waals surface area contributed by atoms with E-state index >= 15 is 0 Å². The van der Waals surface area contributed by atoms with Gasteiger partial charge in [0.2, 0.25) is 5.91 Å². The molecule has 1 amide bonds. The number of aryl methyl sites for hydroxylation is 2. The summed E-state index contributed by atoms with van der Waals surface area (Å²) in [5, 5.41) is 10.3. The van der Waals surface area contributed by atoms with Crippen LogP contribution in [0.1, 0.15) is 41.3 Å². The third-order valence-electron chi connectivity index (χ3n) is 4.93. The van der Waals surface area contributed by atoms with Crippen molar-refractivity contribution in [2.75, 3.05) is 17.2 Å². The van der Waals surface area contributed by atoms with Gasteiger partial charge in [-0.1, -0.05) is 30.0 Å². The lowest BCUT2D eigenvalue weighted by molar-refractivity contribution is -0.116. The summed E-state index contributed by atoms with van der Waals surface area (Å²) in [6, 6.07) is 10.2. The molecule has 3 rings (SSSR count). The molecule has 5 heteroatoms. The molecular formula is C21H23N3OS. The minimum Gasteiger partial charge on any atom is -0.312 e. The molecule has 1 heterocycles. The fourth-order valence-corrected chi connectivity index (χ4v) is 4.47. The van der Waals surface area contributed by atoms with Crippen LogP contribution in [-0.2, 0) is 17.6 Å². The number of carbonyl (C=O) groups is 1. The highest BCUT2D eigenvalue weighted by Gasteiger charge is 2.22. The average molecular weight is 366 g/mol. The number of amides is 1. The molecule has 0 spiro atoms. The van der Waals surface area contributed by atoms with Crippen LogP contribution >= 0.6 is 11.8 Å². The van der Waals surface area contributed by atoms with Crippen LogP contribution in [0.3, 0.4) is 0 Å². The number of thioether (sulfide) groups is 1. The van der Waals surface area contributed by atoms with Gasteiger partial charge in [0.1, 0.15) is 11.1 Å². The smallest absolute Gasteiger partial charge is 0.237 e. The minimum absolute atomic E-state index is 0.0376. The maximum atomic E-state index is 12.8. The number of nitriles is 1. The monoisotopic (exact) mass is 365 g/mol. The fourth-order valence-electron chi connectivity index (χ4n) is 3.54. The summed E-state index contributed by atoms with van der Waals surface area (Å²) in [7, 11) is 0. The molecule has 134 valence electrons. The predicted molar refractivity (Wildman–Crippen MR) is 106 cm³/mol. The van der Waals surface area contributed by atoms with Gasteiger partial charge in [-0.2, -0.15) is 5.26 Å². The molecule has 1 aromatic heterocycles. The number of hydrogen-bond acceptors (Lipinski definition) is 4. The third-order valence-corrected chi connectivity index (χ3v) is 5.89. The number of aromatic nitrogens is 1. The van der Waals surface area contributed by atoms with Crippen molar-refractivity contribution in [3.8, 4) is 6.07 Å². The molecule has 1 aliphatic rings. The van der Waals surface area contributed by atoms with Gasteiger partial charge in [-0.3, -0.25) is 4.79 Å². The Balaban J connectivity index is 1.81. The van der Waals surface area contributed by atoms with Crippen molar-refractivity contribution >= 4 is 23.4 Å². The quantitative estimate of drug-likeness (QED) is 0.745. The van der Waals surface area contributed by atoms with Crippen LogP contribution in [0.15, 0.2) is 29.3 Å². The standard InChI is InChI=1S/C21H23N3OS/c1-4-24(19-11-6-5-8-14(19)2)20(25)13-26-21-17(12-22)15(3)16-9-7-10-18(16)23-21/h5-6,8,11H,4,7,9-10,13H2,1-3H3. The number of fused-ring (bicyclic) bond motifs is 1. The third kappa shape index (κ3) is 3.47. The van der Waals surface area contributed by atoms with Crippen LogP contribution in [0.2, 0.25) is 0 Å². The van der Waals surface area contributed by atoms with E-state index in [0.29, 0.717) is 17.1 Å². The maximum Gasteiger partial charge on any atom is 0.237 e. The Morgan fingerprint density at radius 3 is 2.77 bits per heavy atom. The first-order valence-electron chi connectivity index (χ1n) is 8.98. The Morgan fingerprint density at radius 1 is 1.31 bits per heavy atom. The largest absolute Gasteiger partial charge is 0.312 e. The van der Waals surface area contributed by atoms with E-state index in [1.165, 1.54) is 17.3 Å². The van der Waals surface area contributed by atoms with E-state index in [2.05, 4.69) is 6.07 Å². The molecule has 0 bridgehead atoms. The minimum atomic E-state index is 0.0376. The zero-order valence-electron chi connectivity index (χ0n) is 15.5. The van der Waals surface area contributed by atoms with Crippen molar-refractivity contribution in [1.29, 1.82) is 5.26 Å². The van der Waals surface area contributed by atoms with E-state index in [4.69, 9.17) is 4.98 Å². The van der Waals surface area contributed by atoms with E-state index in [-0.39, 0.29) is 11.7 Å². The molecule has 1 aliphatic carbocycles. The zero-order valence-corrected chi connectivity index (χ0v) is 16.3. The molecule has 0 radical (unpaired) electrons. The van der Waals surface area contributed by atoms with E-state index in [9.17, 15) is 10.1 Å². The molecule has 2 aromatic rings. The van der Waals surface area contributed by atoms with Gasteiger partial charge in [0.05, 0.1) is 11.3 Å². The number of pyridine rings is 1. The molecule has 0 fully saturated rings. The van der Waals surface area contributed by atoms with Gasteiger partial charge in [0, 0.05) is 17.9 Å². The fraction of sp³-hybridized carbons (Fsp3) is 0.381. The van der Waals surface area contributed by atoms with E-state index in [1.54, 1.807) is 4.90 Å². The highest BCUT2D eigenvalue weighted by atomic mass is 32.2. The van der Waals surface area contributed by atoms with Crippen molar-refractivity contribution in [2.45, 2.75) is 45.1 Å². The molecule has 0 saturated heterocycles. The second-order valence-corrected chi connectivity index (χ2v) is 7.48. The summed E-state index contributed by atoms with van der Waals surface area (Å²) in [5.74, 6) is 0.317. The molecule has 4 nitrogen and oxygen atoms in total. The first-order chi connectivity index (χ1) is 12.6. The second-order valence-electron chi connectivity index (χ2n) is 6.52. The van der Waals surface area contributed by atoms with Crippen LogP contribution in [-0.4, -0.2) is 23.2 Å². The van der Waals surface area contributed by atoms with Gasteiger partial charge in [0.25, 0.3) is 0 Å². The predicted octanol–water partition coefficient (Wildman–Crippen LogP) is 4.20. The summed E-state index contributed by atoms with van der Waals surface area (Å²) in [6.45, 7) is 6.61. The lowest BCUT2D eigenvalue weighted by atomic mass is 10.0. The number of anilines is 1. The average Bonchev–Trinajstić information content (AvgIpc) is 3.11. The van der Waals surface area contributed by atoms with Crippen LogP contribution in [0.4, 0.5) is 5.69 Å². The van der Waals surface area contributed by atoms with Crippen LogP contribution in [0.5, 0.6) is 0 Å². The Hall–Kier alpha value is -2.32. The van der Waals surface area contributed by atoms with Crippen molar-refractivity contribution in [3.63, 3.8) is 0 Å². The number of carbonyl (C=O) groups excluding carboxylic acids is 1. The van der Waals surface area contributed by atoms with E-state index in [1.807, 2.05) is 45.0 Å². The van der Waals surface area contributed by atoms with Crippen LogP contribution < -0.4 is 4.90 Å². The summed E-state index contributed by atoms with van der Waals surface area (Å²) >= 11 is 1.38. The Morgan fingerprint density at radius 2 is 2.08 bits per heavy atom. The molecule has 0 unspecified atom stereocenters. The topological polar surface area (TPSA) is 57.0 Å². The van der Waals surface area contributed by atoms with Gasteiger partial charge < -0.3 is 4.90 Å². The number of para-hydroxylation sites is 1. The van der Waals surface area contributed by atoms with Crippen LogP contribution in [0.25, 0.3) is 0 Å². The van der Waals surface area contributed by atoms with Crippen LogP contribution in [0, 0.1) is 25.2 Å².